The Bertz CT molecular complexity index is 1310. The van der Waals surface area contributed by atoms with Crippen molar-refractivity contribution in [1.29, 1.82) is 0 Å². The fraction of sp³-hybridized carbons (Fsp3) is 0.0417. The average Bonchev–Trinajstić information content (AvgIpc) is 2.81. The normalized spacial score (nSPS) is 10.4. The maximum absolute atomic E-state index is 12.4. The van der Waals surface area contributed by atoms with Crippen LogP contribution in [0.25, 0.3) is 11.3 Å². The summed E-state index contributed by atoms with van der Waals surface area (Å²) >= 11 is 6.01. The van der Waals surface area contributed by atoms with Crippen molar-refractivity contribution in [2.75, 3.05) is 10.6 Å². The van der Waals surface area contributed by atoms with E-state index in [0.717, 1.165) is 16.8 Å². The summed E-state index contributed by atoms with van der Waals surface area (Å²) in [7, 11) is 0. The van der Waals surface area contributed by atoms with Crippen LogP contribution < -0.4 is 16.0 Å². The molecule has 33 heavy (non-hydrogen) atoms. The van der Waals surface area contributed by atoms with Crippen molar-refractivity contribution in [3.63, 3.8) is 0 Å². The lowest BCUT2D eigenvalue weighted by Gasteiger charge is -2.13. The quantitative estimate of drug-likeness (QED) is 0.379. The molecule has 3 N–H and O–H groups in total. The van der Waals surface area contributed by atoms with Crippen molar-refractivity contribution >= 4 is 41.0 Å². The van der Waals surface area contributed by atoms with Crippen LogP contribution in [-0.2, 0) is 0 Å². The van der Waals surface area contributed by atoms with E-state index in [1.54, 1.807) is 18.2 Å². The third-order valence-corrected chi connectivity index (χ3v) is 5.03. The number of amides is 3. The number of carbonyl (C=O) groups is 2. The van der Waals surface area contributed by atoms with E-state index in [0.29, 0.717) is 11.5 Å². The number of para-hydroxylation sites is 1. The molecule has 0 saturated carbocycles. The van der Waals surface area contributed by atoms with Gasteiger partial charge in [0, 0.05) is 11.3 Å². The number of rotatable bonds is 5. The molecule has 0 unspecified atom stereocenters. The molecule has 0 bridgehead atoms. The third kappa shape index (κ3) is 5.31. The Morgan fingerprint density at radius 3 is 2.30 bits per heavy atom. The molecule has 4 aromatic rings. The number of hydrogen-bond donors (Lipinski definition) is 3. The first kappa shape index (κ1) is 21.9. The number of carbonyl (C=O) groups excluding carboxylic acids is 2. The molecule has 0 aliphatic heterocycles. The first-order chi connectivity index (χ1) is 16.0. The monoisotopic (exact) mass is 458 g/mol. The van der Waals surface area contributed by atoms with Gasteiger partial charge in [-0.3, -0.25) is 15.4 Å². The van der Waals surface area contributed by atoms with Crippen LogP contribution in [0.5, 0.6) is 0 Å². The van der Waals surface area contributed by atoms with Crippen LogP contribution in [0.3, 0.4) is 0 Å². The van der Waals surface area contributed by atoms with Gasteiger partial charge >= 0.3 is 6.03 Å². The second-order valence-corrected chi connectivity index (χ2v) is 7.43. The highest BCUT2D eigenvalue weighted by Gasteiger charge is 2.17. The molecular weight excluding hydrogens is 440 g/mol. The first-order valence-corrected chi connectivity index (χ1v) is 10.4. The van der Waals surface area contributed by atoms with Gasteiger partial charge < -0.3 is 5.32 Å². The van der Waals surface area contributed by atoms with Crippen molar-refractivity contribution in [2.45, 2.75) is 6.92 Å². The van der Waals surface area contributed by atoms with Gasteiger partial charge in [-0.05, 0) is 30.7 Å². The maximum atomic E-state index is 12.4. The van der Waals surface area contributed by atoms with E-state index in [9.17, 15) is 9.59 Å². The van der Waals surface area contributed by atoms with Crippen molar-refractivity contribution < 1.29 is 9.59 Å². The molecule has 0 aliphatic carbocycles. The predicted octanol–water partition coefficient (Wildman–Crippen LogP) is 5.21. The molecule has 3 amide bonds. The van der Waals surface area contributed by atoms with Crippen LogP contribution in [0, 0.1) is 6.92 Å². The number of halogens is 1. The lowest BCUT2D eigenvalue weighted by molar-refractivity contribution is 0.0967. The smallest absolute Gasteiger partial charge is 0.328 e. The van der Waals surface area contributed by atoms with Crippen LogP contribution in [0.4, 0.5) is 22.2 Å². The second-order valence-electron chi connectivity index (χ2n) is 7.03. The molecule has 1 heterocycles. The van der Waals surface area contributed by atoms with E-state index in [4.69, 9.17) is 11.6 Å². The number of aryl methyl sites for hydroxylation is 1. The van der Waals surface area contributed by atoms with Gasteiger partial charge in [0.25, 0.3) is 11.9 Å². The minimum atomic E-state index is -0.809. The van der Waals surface area contributed by atoms with Gasteiger partial charge in [0.05, 0.1) is 10.6 Å². The van der Waals surface area contributed by atoms with E-state index >= 15 is 0 Å². The number of hydrogen-bond acceptors (Lipinski definition) is 6. The lowest BCUT2D eigenvalue weighted by atomic mass is 10.1. The summed E-state index contributed by atoms with van der Waals surface area (Å²) in [6.07, 6.45) is 0. The van der Waals surface area contributed by atoms with Gasteiger partial charge in [0.1, 0.15) is 5.69 Å². The summed E-state index contributed by atoms with van der Waals surface area (Å²) in [4.78, 5) is 29.1. The molecule has 9 heteroatoms. The van der Waals surface area contributed by atoms with Crippen LogP contribution >= 0.6 is 11.6 Å². The molecule has 164 valence electrons. The van der Waals surface area contributed by atoms with Gasteiger partial charge in [-0.2, -0.15) is 4.98 Å². The first-order valence-electron chi connectivity index (χ1n) is 10.0. The highest BCUT2D eigenvalue weighted by atomic mass is 35.5. The highest BCUT2D eigenvalue weighted by molar-refractivity contribution is 6.34. The Balaban J connectivity index is 1.59. The van der Waals surface area contributed by atoms with Crippen LogP contribution in [0.1, 0.15) is 15.9 Å². The fourth-order valence-corrected chi connectivity index (χ4v) is 3.27. The Morgan fingerprint density at radius 1 is 0.848 bits per heavy atom. The van der Waals surface area contributed by atoms with Gasteiger partial charge in [0.2, 0.25) is 0 Å². The molecule has 0 radical (unpaired) electrons. The molecule has 0 aliphatic rings. The minimum absolute atomic E-state index is 0.0739. The van der Waals surface area contributed by atoms with Gasteiger partial charge in [0.15, 0.2) is 5.82 Å². The molecule has 0 spiro atoms. The summed E-state index contributed by atoms with van der Waals surface area (Å²) in [5, 5.41) is 16.4. The Kier molecular flexibility index (Phi) is 6.56. The molecule has 0 atom stereocenters. The van der Waals surface area contributed by atoms with Gasteiger partial charge in [-0.15, -0.1) is 10.2 Å². The molecule has 3 aromatic carbocycles. The number of benzene rings is 3. The largest absolute Gasteiger partial charge is 0.338 e. The van der Waals surface area contributed by atoms with Crippen molar-refractivity contribution in [1.82, 2.24) is 20.5 Å². The summed E-state index contributed by atoms with van der Waals surface area (Å²) in [5.74, 6) is -0.321. The Labute approximate surface area is 195 Å². The lowest BCUT2D eigenvalue weighted by Crippen LogP contribution is -2.35. The van der Waals surface area contributed by atoms with Crippen molar-refractivity contribution in [3.8, 4) is 11.3 Å². The molecular formula is C24H19ClN6O2. The van der Waals surface area contributed by atoms with E-state index in [1.165, 1.54) is 6.07 Å². The van der Waals surface area contributed by atoms with Crippen molar-refractivity contribution in [3.05, 3.63) is 95.0 Å². The minimum Gasteiger partial charge on any atom is -0.338 e. The van der Waals surface area contributed by atoms with Crippen LogP contribution in [0.2, 0.25) is 5.02 Å². The zero-order valence-electron chi connectivity index (χ0n) is 17.5. The van der Waals surface area contributed by atoms with Gasteiger partial charge in [-0.1, -0.05) is 72.3 Å². The number of nitrogens with one attached hydrogen (secondary N) is 3. The SMILES string of the molecule is Cc1ccccc1Nc1nc(NC(=O)NC(=O)c2ccccc2Cl)nnc1-c1ccccc1. The molecule has 0 fully saturated rings. The standard InChI is InChI=1S/C24H19ClN6O2/c1-15-9-5-8-14-19(15)26-21-20(16-10-3-2-4-11-16)30-31-23(27-21)29-24(33)28-22(32)17-12-6-7-13-18(17)25/h2-14H,1H3,(H3,26,27,28,29,31,32,33). The maximum Gasteiger partial charge on any atom is 0.328 e. The Hall–Kier alpha value is -4.30. The summed E-state index contributed by atoms with van der Waals surface area (Å²) in [6.45, 7) is 1.96. The van der Waals surface area contributed by atoms with E-state index in [2.05, 4.69) is 31.1 Å². The van der Waals surface area contributed by atoms with E-state index in [-0.39, 0.29) is 16.5 Å². The number of imide groups is 1. The molecule has 8 nitrogen and oxygen atoms in total. The van der Waals surface area contributed by atoms with Crippen molar-refractivity contribution in [2.24, 2.45) is 0 Å². The van der Waals surface area contributed by atoms with Crippen LogP contribution in [-0.4, -0.2) is 27.1 Å². The zero-order valence-corrected chi connectivity index (χ0v) is 18.3. The number of urea groups is 1. The fourth-order valence-electron chi connectivity index (χ4n) is 3.05. The van der Waals surface area contributed by atoms with E-state index < -0.39 is 11.9 Å². The topological polar surface area (TPSA) is 109 Å². The predicted molar refractivity (Wildman–Crippen MR) is 128 cm³/mol. The number of anilines is 3. The second kappa shape index (κ2) is 9.88. The zero-order chi connectivity index (χ0) is 23.2. The summed E-state index contributed by atoms with van der Waals surface area (Å²) in [5.41, 5.74) is 3.33. The molecule has 0 saturated heterocycles. The molecule has 1 aromatic heterocycles. The van der Waals surface area contributed by atoms with Gasteiger partial charge in [-0.25, -0.2) is 4.79 Å². The van der Waals surface area contributed by atoms with Crippen LogP contribution in [0.15, 0.2) is 78.9 Å². The highest BCUT2D eigenvalue weighted by Crippen LogP contribution is 2.28. The summed E-state index contributed by atoms with van der Waals surface area (Å²) in [6, 6.07) is 22.8. The van der Waals surface area contributed by atoms with E-state index in [1.807, 2.05) is 61.5 Å². The number of nitrogens with zero attached hydrogens (tertiary/aromatic N) is 3. The average molecular weight is 459 g/mol. The molecule has 4 rings (SSSR count). The third-order valence-electron chi connectivity index (χ3n) is 4.70. The summed E-state index contributed by atoms with van der Waals surface area (Å²) < 4.78 is 0. The Morgan fingerprint density at radius 2 is 1.55 bits per heavy atom. The number of aromatic nitrogens is 3.